The molecule has 1 rings (SSSR count). The third-order valence-electron chi connectivity index (χ3n) is 1.44. The van der Waals surface area contributed by atoms with Crippen molar-refractivity contribution in [3.8, 4) is 0 Å². The number of aliphatic carboxylic acids is 1. The number of carboxylic acid groups (broad SMARTS) is 1. The van der Waals surface area contributed by atoms with E-state index in [0.29, 0.717) is 0 Å². The molecule has 0 aliphatic heterocycles. The summed E-state index contributed by atoms with van der Waals surface area (Å²) in [5, 5.41) is 8.33. The van der Waals surface area contributed by atoms with Gasteiger partial charge in [0.15, 0.2) is 0 Å². The fourth-order valence-corrected chi connectivity index (χ4v) is 0.851. The van der Waals surface area contributed by atoms with Gasteiger partial charge in [-0.2, -0.15) is 0 Å². The predicted molar refractivity (Wildman–Crippen MR) is 51.2 cm³/mol. The summed E-state index contributed by atoms with van der Waals surface area (Å²) in [7, 11) is 0. The summed E-state index contributed by atoms with van der Waals surface area (Å²) < 4.78 is 0. The van der Waals surface area contributed by atoms with Crippen LogP contribution in [-0.4, -0.2) is 11.1 Å². The van der Waals surface area contributed by atoms with E-state index in [4.69, 9.17) is 5.11 Å². The first kappa shape index (κ1) is 9.30. The molecule has 66 valence electrons. The largest absolute Gasteiger partial charge is 0.481 e. The maximum atomic E-state index is 10.1. The van der Waals surface area contributed by atoms with Gasteiger partial charge in [-0.1, -0.05) is 30.3 Å². The van der Waals surface area contributed by atoms with E-state index >= 15 is 0 Å². The summed E-state index contributed by atoms with van der Waals surface area (Å²) in [6.07, 6.45) is 3.27. The molecule has 0 fully saturated rings. The van der Waals surface area contributed by atoms with Crippen molar-refractivity contribution < 1.29 is 9.90 Å². The average Bonchev–Trinajstić information content (AvgIpc) is 2.14. The molecule has 1 aromatic carbocycles. The zero-order chi connectivity index (χ0) is 9.52. The fourth-order valence-electron chi connectivity index (χ4n) is 0.851. The number of benzene rings is 1. The Kier molecular flexibility index (Phi) is 3.55. The maximum absolute atomic E-state index is 10.1. The van der Waals surface area contributed by atoms with Crippen LogP contribution in [0.25, 0.3) is 6.08 Å². The normalized spacial score (nSPS) is 8.62. The Balaban J connectivity index is 2.59. The van der Waals surface area contributed by atoms with Crippen molar-refractivity contribution in [2.45, 2.75) is 6.42 Å². The molecule has 0 aromatic heterocycles. The Morgan fingerprint density at radius 3 is 2.69 bits per heavy atom. The molecule has 2 heteroatoms. The second kappa shape index (κ2) is 4.96. The van der Waals surface area contributed by atoms with Crippen molar-refractivity contribution in [2.24, 2.45) is 0 Å². The minimum atomic E-state index is -0.839. The second-order valence-corrected chi connectivity index (χ2v) is 2.52. The molecule has 0 amide bonds. The van der Waals surface area contributed by atoms with Gasteiger partial charge in [0, 0.05) is 0 Å². The lowest BCUT2D eigenvalue weighted by atomic mass is 10.2. The van der Waals surface area contributed by atoms with Gasteiger partial charge in [-0.25, -0.2) is 0 Å². The Morgan fingerprint density at radius 2 is 2.08 bits per heavy atom. The van der Waals surface area contributed by atoms with E-state index in [1.165, 1.54) is 6.08 Å². The van der Waals surface area contributed by atoms with Crippen molar-refractivity contribution in [1.82, 2.24) is 0 Å². The zero-order valence-electron chi connectivity index (χ0n) is 7.10. The summed E-state index contributed by atoms with van der Waals surface area (Å²) in [4.78, 5) is 10.1. The molecular formula is C11H10O2. The van der Waals surface area contributed by atoms with Crippen molar-refractivity contribution in [1.29, 1.82) is 0 Å². The molecule has 0 aliphatic carbocycles. The molecule has 0 unspecified atom stereocenters. The number of hydrogen-bond donors (Lipinski definition) is 1. The Labute approximate surface area is 76.8 Å². The molecule has 0 bridgehead atoms. The van der Waals surface area contributed by atoms with Crippen molar-refractivity contribution in [3.63, 3.8) is 0 Å². The Morgan fingerprint density at radius 1 is 1.38 bits per heavy atom. The number of hydrogen-bond acceptors (Lipinski definition) is 1. The van der Waals surface area contributed by atoms with E-state index in [1.807, 2.05) is 30.3 Å². The van der Waals surface area contributed by atoms with E-state index in [0.717, 1.165) is 5.56 Å². The topological polar surface area (TPSA) is 37.3 Å². The monoisotopic (exact) mass is 174 g/mol. The molecule has 0 heterocycles. The smallest absolute Gasteiger partial charge is 0.307 e. The van der Waals surface area contributed by atoms with Crippen LogP contribution in [0.4, 0.5) is 0 Å². The van der Waals surface area contributed by atoms with E-state index < -0.39 is 5.97 Å². The van der Waals surface area contributed by atoms with Crippen LogP contribution < -0.4 is 0 Å². The Bertz CT molecular complexity index is 332. The summed E-state index contributed by atoms with van der Waals surface area (Å²) in [5.74, 6) is -0.839. The zero-order valence-corrected chi connectivity index (χ0v) is 7.10. The minimum Gasteiger partial charge on any atom is -0.481 e. The van der Waals surface area contributed by atoms with Crippen molar-refractivity contribution in [3.05, 3.63) is 47.7 Å². The highest BCUT2D eigenvalue weighted by molar-refractivity contribution is 5.68. The molecule has 13 heavy (non-hydrogen) atoms. The van der Waals surface area contributed by atoms with Gasteiger partial charge in [0.2, 0.25) is 0 Å². The second-order valence-electron chi connectivity index (χ2n) is 2.52. The van der Waals surface area contributed by atoms with Crippen LogP contribution in [0.5, 0.6) is 0 Å². The number of rotatable bonds is 3. The molecule has 0 saturated carbocycles. The highest BCUT2D eigenvalue weighted by Crippen LogP contribution is 1.99. The predicted octanol–water partition coefficient (Wildman–Crippen LogP) is 2.33. The van der Waals surface area contributed by atoms with Gasteiger partial charge < -0.3 is 5.11 Å². The first-order valence-electron chi connectivity index (χ1n) is 3.97. The third kappa shape index (κ3) is 3.94. The number of carbonyl (C=O) groups is 1. The standard InChI is InChI=1S/C11H10O2/c12-11(13)9-5-4-8-10-6-2-1-3-7-10/h1-3,5-8H,9H2,(H,12,13). The summed E-state index contributed by atoms with van der Waals surface area (Å²) in [6, 6.07) is 9.64. The van der Waals surface area contributed by atoms with Gasteiger partial charge in [0.05, 0.1) is 6.42 Å². The van der Waals surface area contributed by atoms with Gasteiger partial charge in [-0.3, -0.25) is 4.79 Å². The summed E-state index contributed by atoms with van der Waals surface area (Å²) >= 11 is 0. The molecule has 0 radical (unpaired) electrons. The molecule has 0 spiro atoms. The minimum absolute atomic E-state index is 0.0172. The van der Waals surface area contributed by atoms with Crippen LogP contribution in [0.1, 0.15) is 12.0 Å². The number of carboxylic acids is 1. The quantitative estimate of drug-likeness (QED) is 0.714. The lowest BCUT2D eigenvalue weighted by Gasteiger charge is -1.86. The third-order valence-corrected chi connectivity index (χ3v) is 1.44. The lowest BCUT2D eigenvalue weighted by molar-refractivity contribution is -0.135. The van der Waals surface area contributed by atoms with E-state index in [2.05, 4.69) is 5.73 Å². The maximum Gasteiger partial charge on any atom is 0.307 e. The van der Waals surface area contributed by atoms with Gasteiger partial charge in [0.1, 0.15) is 0 Å². The highest BCUT2D eigenvalue weighted by Gasteiger charge is 1.86. The molecule has 0 atom stereocenters. The van der Waals surface area contributed by atoms with Gasteiger partial charge >= 0.3 is 5.97 Å². The van der Waals surface area contributed by atoms with Crippen LogP contribution >= 0.6 is 0 Å². The summed E-state index contributed by atoms with van der Waals surface area (Å²) in [5.41, 5.74) is 3.82. The van der Waals surface area contributed by atoms with E-state index in [-0.39, 0.29) is 6.42 Å². The highest BCUT2D eigenvalue weighted by atomic mass is 16.4. The van der Waals surface area contributed by atoms with Crippen LogP contribution in [0.2, 0.25) is 0 Å². The average molecular weight is 174 g/mol. The van der Waals surface area contributed by atoms with E-state index in [9.17, 15) is 4.79 Å². The van der Waals surface area contributed by atoms with Gasteiger partial charge in [-0.15, -0.1) is 5.73 Å². The van der Waals surface area contributed by atoms with Crippen molar-refractivity contribution in [2.75, 3.05) is 0 Å². The van der Waals surface area contributed by atoms with Gasteiger partial charge in [0.25, 0.3) is 0 Å². The van der Waals surface area contributed by atoms with Crippen LogP contribution in [0.15, 0.2) is 42.1 Å². The van der Waals surface area contributed by atoms with Crippen LogP contribution in [-0.2, 0) is 4.79 Å². The fraction of sp³-hybridized carbons (Fsp3) is 0.0909. The molecule has 2 nitrogen and oxygen atoms in total. The van der Waals surface area contributed by atoms with E-state index in [1.54, 1.807) is 6.08 Å². The van der Waals surface area contributed by atoms with Crippen LogP contribution in [0.3, 0.4) is 0 Å². The SMILES string of the molecule is O=C(O)CC=C=Cc1ccccc1. The molecule has 0 saturated heterocycles. The lowest BCUT2D eigenvalue weighted by Crippen LogP contribution is -1.88. The first-order chi connectivity index (χ1) is 6.29. The first-order valence-corrected chi connectivity index (χ1v) is 3.97. The summed E-state index contributed by atoms with van der Waals surface area (Å²) in [6.45, 7) is 0. The van der Waals surface area contributed by atoms with Crippen LogP contribution in [0, 0.1) is 0 Å². The Hall–Kier alpha value is -1.79. The van der Waals surface area contributed by atoms with Gasteiger partial charge in [-0.05, 0) is 17.7 Å². The molecule has 1 aromatic rings. The molecular weight excluding hydrogens is 164 g/mol. The van der Waals surface area contributed by atoms with Crippen molar-refractivity contribution >= 4 is 12.0 Å². The molecule has 0 aliphatic rings. The molecule has 1 N–H and O–H groups in total.